The van der Waals surface area contributed by atoms with E-state index in [0.717, 1.165) is 19.3 Å². The first-order valence-electron chi connectivity index (χ1n) is 7.16. The molecule has 1 amide bonds. The number of nitro benzene ring substituents is 1. The highest BCUT2D eigenvalue weighted by Gasteiger charge is 2.30. The predicted molar refractivity (Wildman–Crippen MR) is 79.2 cm³/mol. The lowest BCUT2D eigenvalue weighted by atomic mass is 10.0. The van der Waals surface area contributed by atoms with Crippen LogP contribution in [0.15, 0.2) is 12.1 Å². The molecule has 2 unspecified atom stereocenters. The summed E-state index contributed by atoms with van der Waals surface area (Å²) in [4.78, 5) is 22.3. The molecule has 2 atom stereocenters. The maximum atomic E-state index is 11.4. The maximum absolute atomic E-state index is 11.4. The van der Waals surface area contributed by atoms with Gasteiger partial charge in [-0.2, -0.15) is 0 Å². The lowest BCUT2D eigenvalue weighted by Gasteiger charge is -2.21. The fourth-order valence-corrected chi connectivity index (χ4v) is 3.24. The average Bonchev–Trinajstić information content (AvgIpc) is 3.02. The largest absolute Gasteiger partial charge is 0.376 e. The van der Waals surface area contributed by atoms with Crippen LogP contribution >= 0.6 is 0 Å². The maximum Gasteiger partial charge on any atom is 0.292 e. The van der Waals surface area contributed by atoms with Crippen molar-refractivity contribution in [1.82, 2.24) is 0 Å². The number of nitro groups is 1. The Bertz CT molecular complexity index is 602. The summed E-state index contributed by atoms with van der Waals surface area (Å²) < 4.78 is 0. The van der Waals surface area contributed by atoms with Crippen molar-refractivity contribution in [3.05, 3.63) is 27.8 Å². The van der Waals surface area contributed by atoms with E-state index in [1.54, 1.807) is 6.07 Å². The third-order valence-corrected chi connectivity index (χ3v) is 4.35. The molecule has 0 radical (unpaired) electrons. The molecule has 0 spiro atoms. The summed E-state index contributed by atoms with van der Waals surface area (Å²) >= 11 is 0. The van der Waals surface area contributed by atoms with Crippen molar-refractivity contribution >= 4 is 23.0 Å². The van der Waals surface area contributed by atoms with Gasteiger partial charge in [0.15, 0.2) is 0 Å². The number of hydrogen-bond donors (Lipinski definition) is 3. The van der Waals surface area contributed by atoms with E-state index in [1.807, 2.05) is 0 Å². The fourth-order valence-electron chi connectivity index (χ4n) is 3.24. The number of hydrogen-bond acceptors (Lipinski definition) is 5. The van der Waals surface area contributed by atoms with Crippen LogP contribution in [0, 0.1) is 16.0 Å². The normalized spacial score (nSPS) is 23.8. The molecule has 1 aliphatic heterocycles. The number of anilines is 2. The summed E-state index contributed by atoms with van der Waals surface area (Å²) in [5, 5.41) is 17.3. The summed E-state index contributed by atoms with van der Waals surface area (Å²) in [6.07, 6.45) is 3.28. The molecule has 112 valence electrons. The molecule has 21 heavy (non-hydrogen) atoms. The number of carbonyl (C=O) groups is 1. The Morgan fingerprint density at radius 3 is 2.95 bits per heavy atom. The molecule has 1 fully saturated rings. The lowest BCUT2D eigenvalue weighted by Crippen LogP contribution is -2.29. The molecular weight excluding hydrogens is 272 g/mol. The van der Waals surface area contributed by atoms with Gasteiger partial charge in [0.1, 0.15) is 5.69 Å². The molecule has 7 nitrogen and oxygen atoms in total. The van der Waals surface area contributed by atoms with Crippen LogP contribution in [0.2, 0.25) is 0 Å². The molecule has 2 aliphatic rings. The summed E-state index contributed by atoms with van der Waals surface area (Å²) in [5.41, 5.74) is 7.58. The number of nitrogens with zero attached hydrogens (tertiary/aromatic N) is 1. The Kier molecular flexibility index (Phi) is 3.50. The zero-order valence-corrected chi connectivity index (χ0v) is 11.6. The van der Waals surface area contributed by atoms with Crippen molar-refractivity contribution < 1.29 is 9.72 Å². The van der Waals surface area contributed by atoms with Crippen molar-refractivity contribution in [3.63, 3.8) is 0 Å². The molecule has 1 heterocycles. The minimum absolute atomic E-state index is 0.0212. The molecule has 1 aromatic carbocycles. The number of fused-ring (bicyclic) bond motifs is 1. The highest BCUT2D eigenvalue weighted by Crippen LogP contribution is 2.37. The van der Waals surface area contributed by atoms with Gasteiger partial charge in [-0.05, 0) is 36.9 Å². The second kappa shape index (κ2) is 5.33. The monoisotopic (exact) mass is 290 g/mol. The minimum Gasteiger partial charge on any atom is -0.376 e. The highest BCUT2D eigenvalue weighted by atomic mass is 16.6. The zero-order chi connectivity index (χ0) is 15.0. The number of carbonyl (C=O) groups excluding carboxylic acids is 1. The summed E-state index contributed by atoms with van der Waals surface area (Å²) in [6, 6.07) is 3.32. The zero-order valence-electron chi connectivity index (χ0n) is 11.6. The second-order valence-electron chi connectivity index (χ2n) is 5.69. The van der Waals surface area contributed by atoms with Crippen LogP contribution in [-0.4, -0.2) is 23.4 Å². The minimum atomic E-state index is -0.405. The Labute approximate surface area is 122 Å². The Hall–Kier alpha value is -2.15. The van der Waals surface area contributed by atoms with Crippen LogP contribution in [-0.2, 0) is 11.2 Å². The molecule has 4 N–H and O–H groups in total. The number of amides is 1. The van der Waals surface area contributed by atoms with Crippen LogP contribution in [0.1, 0.15) is 24.8 Å². The number of benzene rings is 1. The smallest absolute Gasteiger partial charge is 0.292 e. The lowest BCUT2D eigenvalue weighted by molar-refractivity contribution is -0.384. The van der Waals surface area contributed by atoms with E-state index in [4.69, 9.17) is 5.73 Å². The van der Waals surface area contributed by atoms with Crippen molar-refractivity contribution in [3.8, 4) is 0 Å². The van der Waals surface area contributed by atoms with Gasteiger partial charge in [0.2, 0.25) is 5.91 Å². The van der Waals surface area contributed by atoms with Gasteiger partial charge in [-0.3, -0.25) is 14.9 Å². The van der Waals surface area contributed by atoms with Crippen molar-refractivity contribution in [2.45, 2.75) is 31.7 Å². The van der Waals surface area contributed by atoms with Crippen LogP contribution < -0.4 is 16.4 Å². The van der Waals surface area contributed by atoms with Crippen molar-refractivity contribution in [2.75, 3.05) is 17.2 Å². The van der Waals surface area contributed by atoms with Crippen LogP contribution in [0.5, 0.6) is 0 Å². The van der Waals surface area contributed by atoms with Gasteiger partial charge in [0, 0.05) is 17.8 Å². The molecular formula is C14H18N4O3. The van der Waals surface area contributed by atoms with Gasteiger partial charge in [0.05, 0.1) is 11.3 Å². The average molecular weight is 290 g/mol. The van der Waals surface area contributed by atoms with E-state index >= 15 is 0 Å². The third-order valence-electron chi connectivity index (χ3n) is 4.35. The van der Waals surface area contributed by atoms with Gasteiger partial charge in [-0.1, -0.05) is 6.42 Å². The summed E-state index contributed by atoms with van der Waals surface area (Å²) in [6.45, 7) is 0.577. The standard InChI is InChI=1S/C14H18N4O3/c15-7-8-2-1-3-10(8)16-12-6-11-9(5-14(19)17-11)4-13(12)18(20)21/h4,6,8,10,16H,1-3,5,7,15H2,(H,17,19). The van der Waals surface area contributed by atoms with E-state index in [-0.39, 0.29) is 24.1 Å². The molecule has 1 aliphatic carbocycles. The van der Waals surface area contributed by atoms with Gasteiger partial charge in [0.25, 0.3) is 5.69 Å². The first kappa shape index (κ1) is 13.8. The Morgan fingerprint density at radius 1 is 1.43 bits per heavy atom. The van der Waals surface area contributed by atoms with E-state index in [0.29, 0.717) is 29.4 Å². The number of nitrogens with one attached hydrogen (secondary N) is 2. The second-order valence-corrected chi connectivity index (χ2v) is 5.69. The number of rotatable bonds is 4. The van der Waals surface area contributed by atoms with Crippen LogP contribution in [0.25, 0.3) is 0 Å². The first-order valence-corrected chi connectivity index (χ1v) is 7.16. The van der Waals surface area contributed by atoms with Gasteiger partial charge in [-0.15, -0.1) is 0 Å². The predicted octanol–water partition coefficient (Wildman–Crippen LogP) is 1.63. The highest BCUT2D eigenvalue weighted by molar-refractivity contribution is 6.00. The van der Waals surface area contributed by atoms with E-state index in [2.05, 4.69) is 10.6 Å². The summed E-state index contributed by atoms with van der Waals surface area (Å²) in [5.74, 6) is 0.213. The molecule has 3 rings (SSSR count). The fraction of sp³-hybridized carbons (Fsp3) is 0.500. The molecule has 1 aromatic rings. The topological polar surface area (TPSA) is 110 Å². The van der Waals surface area contributed by atoms with Crippen molar-refractivity contribution in [2.24, 2.45) is 11.7 Å². The van der Waals surface area contributed by atoms with E-state index in [9.17, 15) is 14.9 Å². The van der Waals surface area contributed by atoms with Gasteiger partial charge >= 0.3 is 0 Å². The van der Waals surface area contributed by atoms with E-state index in [1.165, 1.54) is 6.07 Å². The Morgan fingerprint density at radius 2 is 2.24 bits per heavy atom. The molecule has 0 saturated heterocycles. The van der Waals surface area contributed by atoms with Crippen LogP contribution in [0.4, 0.5) is 17.1 Å². The van der Waals surface area contributed by atoms with E-state index < -0.39 is 4.92 Å². The first-order chi connectivity index (χ1) is 10.1. The SMILES string of the molecule is NCC1CCCC1Nc1cc2c(cc1[N+](=O)[O-])CC(=O)N2. The number of nitrogens with two attached hydrogens (primary N) is 1. The van der Waals surface area contributed by atoms with Gasteiger partial charge < -0.3 is 16.4 Å². The van der Waals surface area contributed by atoms with Crippen molar-refractivity contribution in [1.29, 1.82) is 0 Å². The molecule has 0 aromatic heterocycles. The molecule has 1 saturated carbocycles. The quantitative estimate of drug-likeness (QED) is 0.576. The van der Waals surface area contributed by atoms with Gasteiger partial charge in [-0.25, -0.2) is 0 Å². The molecule has 7 heteroatoms. The Balaban J connectivity index is 1.92. The molecule has 0 bridgehead atoms. The third kappa shape index (κ3) is 2.56. The van der Waals surface area contributed by atoms with Crippen LogP contribution in [0.3, 0.4) is 0 Å². The summed E-state index contributed by atoms with van der Waals surface area (Å²) in [7, 11) is 0.